The number of carbonyl (C=O) groups excluding carboxylic acids is 2. The van der Waals surface area contributed by atoms with Gasteiger partial charge in [-0.15, -0.1) is 0 Å². The molecule has 3 aromatic rings. The number of benzene rings is 1. The highest BCUT2D eigenvalue weighted by Gasteiger charge is 2.36. The van der Waals surface area contributed by atoms with E-state index >= 15 is 0 Å². The lowest BCUT2D eigenvalue weighted by Crippen LogP contribution is -2.20. The summed E-state index contributed by atoms with van der Waals surface area (Å²) in [6.45, 7) is 0. The van der Waals surface area contributed by atoms with E-state index in [2.05, 4.69) is 15.3 Å². The number of aromatic amines is 1. The first kappa shape index (κ1) is 12.2. The van der Waals surface area contributed by atoms with E-state index in [9.17, 15) is 9.59 Å². The van der Waals surface area contributed by atoms with Crippen LogP contribution in [0.3, 0.4) is 0 Å². The third-order valence-electron chi connectivity index (χ3n) is 4.63. The molecule has 2 aliphatic rings. The summed E-state index contributed by atoms with van der Waals surface area (Å²) in [5.74, 6) is -0.605. The number of imide groups is 1. The van der Waals surface area contributed by atoms with Crippen molar-refractivity contribution in [2.24, 2.45) is 0 Å². The van der Waals surface area contributed by atoms with E-state index in [4.69, 9.17) is 11.6 Å². The number of rotatable bonds is 0. The van der Waals surface area contributed by atoms with Gasteiger partial charge in [0.15, 0.2) is 0 Å². The number of pyridine rings is 1. The zero-order chi connectivity index (χ0) is 15.0. The third-order valence-corrected chi connectivity index (χ3v) is 4.84. The smallest absolute Gasteiger partial charge is 0.259 e. The van der Waals surface area contributed by atoms with Gasteiger partial charge in [0.1, 0.15) is 10.8 Å². The summed E-state index contributed by atoms with van der Waals surface area (Å²) in [5, 5.41) is 4.45. The number of hydrogen-bond donors (Lipinski definition) is 2. The van der Waals surface area contributed by atoms with Crippen LogP contribution in [0.1, 0.15) is 38.3 Å². The fourth-order valence-electron chi connectivity index (χ4n) is 3.81. The van der Waals surface area contributed by atoms with Crippen LogP contribution in [0, 0.1) is 0 Å². The number of nitrogens with zero attached hydrogens (tertiary/aromatic N) is 1. The highest BCUT2D eigenvalue weighted by molar-refractivity contribution is 6.32. The molecule has 1 aromatic carbocycles. The van der Waals surface area contributed by atoms with Crippen LogP contribution in [0.4, 0.5) is 0 Å². The Morgan fingerprint density at radius 3 is 2.68 bits per heavy atom. The van der Waals surface area contributed by atoms with Crippen molar-refractivity contribution >= 4 is 45.4 Å². The quantitative estimate of drug-likeness (QED) is 0.495. The number of H-pyrrole nitrogens is 1. The highest BCUT2D eigenvalue weighted by atomic mass is 35.5. The number of hydrogen-bond acceptors (Lipinski definition) is 3. The van der Waals surface area contributed by atoms with Gasteiger partial charge < -0.3 is 4.98 Å². The second-order valence-electron chi connectivity index (χ2n) is 5.75. The summed E-state index contributed by atoms with van der Waals surface area (Å²) in [6.07, 6.45) is 2.73. The molecule has 0 saturated carbocycles. The van der Waals surface area contributed by atoms with Crippen LogP contribution in [0.2, 0.25) is 5.15 Å². The molecule has 0 atom stereocenters. The molecule has 2 N–H and O–H groups in total. The second kappa shape index (κ2) is 3.87. The van der Waals surface area contributed by atoms with Crippen LogP contribution >= 0.6 is 11.6 Å². The standard InChI is InChI=1S/C16H10ClN3O2/c17-9-5-4-8-10-12-11(15(21)20-16(12)22)6-2-1-3-7(6)13(10)19-14(8)18-9/h4-5H,1-3H2,(H,18,19)(H,20,21,22). The topological polar surface area (TPSA) is 74.8 Å². The number of fused-ring (bicyclic) bond motifs is 8. The first-order valence-electron chi connectivity index (χ1n) is 7.16. The highest BCUT2D eigenvalue weighted by Crippen LogP contribution is 2.40. The van der Waals surface area contributed by atoms with Crippen LogP contribution in [-0.2, 0) is 12.8 Å². The van der Waals surface area contributed by atoms with Gasteiger partial charge in [-0.1, -0.05) is 11.6 Å². The van der Waals surface area contributed by atoms with Crippen LogP contribution in [0.5, 0.6) is 0 Å². The molecule has 0 radical (unpaired) electrons. The lowest BCUT2D eigenvalue weighted by atomic mass is 9.94. The van der Waals surface area contributed by atoms with Gasteiger partial charge in [-0.05, 0) is 42.5 Å². The monoisotopic (exact) mass is 311 g/mol. The molecule has 1 aliphatic heterocycles. The van der Waals surface area contributed by atoms with Gasteiger partial charge in [-0.25, -0.2) is 4.98 Å². The van der Waals surface area contributed by atoms with Gasteiger partial charge >= 0.3 is 0 Å². The van der Waals surface area contributed by atoms with Crippen molar-refractivity contribution < 1.29 is 9.59 Å². The molecule has 0 unspecified atom stereocenters. The van der Waals surface area contributed by atoms with Crippen molar-refractivity contribution in [1.82, 2.24) is 15.3 Å². The summed E-state index contributed by atoms with van der Waals surface area (Å²) in [4.78, 5) is 32.1. The van der Waals surface area contributed by atoms with Gasteiger partial charge in [0.25, 0.3) is 11.8 Å². The molecule has 0 bridgehead atoms. The van der Waals surface area contributed by atoms with Crippen molar-refractivity contribution in [2.75, 3.05) is 0 Å². The summed E-state index contributed by atoms with van der Waals surface area (Å²) in [7, 11) is 0. The number of halogens is 1. The van der Waals surface area contributed by atoms with Crippen LogP contribution in [0.15, 0.2) is 12.1 Å². The van der Waals surface area contributed by atoms with E-state index < -0.39 is 0 Å². The first-order valence-corrected chi connectivity index (χ1v) is 7.54. The number of amides is 2. The molecule has 5 rings (SSSR count). The Labute approximate surface area is 129 Å². The molecular weight excluding hydrogens is 302 g/mol. The number of nitrogens with one attached hydrogen (secondary N) is 2. The fourth-order valence-corrected chi connectivity index (χ4v) is 3.96. The lowest BCUT2D eigenvalue weighted by molar-refractivity contribution is 0.0880. The van der Waals surface area contributed by atoms with Crippen LogP contribution in [0.25, 0.3) is 21.9 Å². The zero-order valence-electron chi connectivity index (χ0n) is 11.4. The molecule has 3 heterocycles. The minimum atomic E-state index is -0.324. The molecule has 22 heavy (non-hydrogen) atoms. The largest absolute Gasteiger partial charge is 0.339 e. The second-order valence-corrected chi connectivity index (χ2v) is 6.14. The summed E-state index contributed by atoms with van der Waals surface area (Å²) < 4.78 is 0. The maximum atomic E-state index is 12.3. The van der Waals surface area contributed by atoms with Gasteiger partial charge in [0.2, 0.25) is 0 Å². The van der Waals surface area contributed by atoms with E-state index in [0.29, 0.717) is 21.9 Å². The summed E-state index contributed by atoms with van der Waals surface area (Å²) in [6, 6.07) is 3.55. The van der Waals surface area contributed by atoms with Crippen molar-refractivity contribution in [3.8, 4) is 0 Å². The van der Waals surface area contributed by atoms with E-state index in [1.807, 2.05) is 6.07 Å². The SMILES string of the molecule is O=C1NC(=O)c2c1c1c(c3[nH]c4nc(Cl)ccc4c23)CCC1. The number of aryl methyl sites for hydroxylation is 1. The minimum absolute atomic E-state index is 0.281. The first-order chi connectivity index (χ1) is 10.6. The third kappa shape index (κ3) is 1.32. The molecule has 0 saturated heterocycles. The lowest BCUT2D eigenvalue weighted by Gasteiger charge is -2.07. The maximum absolute atomic E-state index is 12.3. The van der Waals surface area contributed by atoms with Crippen LogP contribution < -0.4 is 5.32 Å². The molecule has 0 spiro atoms. The average molecular weight is 312 g/mol. The Balaban J connectivity index is 2.08. The molecule has 1 aliphatic carbocycles. The van der Waals surface area contributed by atoms with E-state index in [1.165, 1.54) is 0 Å². The normalized spacial score (nSPS) is 16.4. The van der Waals surface area contributed by atoms with Crippen molar-refractivity contribution in [3.63, 3.8) is 0 Å². The molecule has 2 aromatic heterocycles. The molecule has 0 fully saturated rings. The Hall–Kier alpha value is -2.40. The average Bonchev–Trinajstić information content (AvgIpc) is 3.13. The Morgan fingerprint density at radius 2 is 1.82 bits per heavy atom. The Kier molecular flexibility index (Phi) is 2.14. The van der Waals surface area contributed by atoms with Crippen molar-refractivity contribution in [3.05, 3.63) is 39.5 Å². The Bertz CT molecular complexity index is 1040. The number of carbonyl (C=O) groups is 2. The van der Waals surface area contributed by atoms with Crippen LogP contribution in [-0.4, -0.2) is 21.8 Å². The minimum Gasteiger partial charge on any atom is -0.339 e. The molecule has 108 valence electrons. The van der Waals surface area contributed by atoms with E-state index in [0.717, 1.165) is 46.7 Å². The van der Waals surface area contributed by atoms with E-state index in [1.54, 1.807) is 6.07 Å². The molecular formula is C16H10ClN3O2. The molecule has 6 heteroatoms. The Morgan fingerprint density at radius 1 is 1.05 bits per heavy atom. The van der Waals surface area contributed by atoms with E-state index in [-0.39, 0.29) is 11.8 Å². The zero-order valence-corrected chi connectivity index (χ0v) is 12.2. The van der Waals surface area contributed by atoms with Gasteiger partial charge in [0.05, 0.1) is 16.6 Å². The van der Waals surface area contributed by atoms with Crippen molar-refractivity contribution in [2.45, 2.75) is 19.3 Å². The fraction of sp³-hybridized carbons (Fsp3) is 0.188. The number of aromatic nitrogens is 2. The molecule has 5 nitrogen and oxygen atoms in total. The van der Waals surface area contributed by atoms with Gasteiger partial charge in [-0.2, -0.15) is 0 Å². The molecule has 2 amide bonds. The maximum Gasteiger partial charge on any atom is 0.259 e. The summed E-state index contributed by atoms with van der Waals surface area (Å²) in [5.41, 5.74) is 4.74. The van der Waals surface area contributed by atoms with Gasteiger partial charge in [0, 0.05) is 10.8 Å². The summed E-state index contributed by atoms with van der Waals surface area (Å²) >= 11 is 5.97. The predicted octanol–water partition coefficient (Wildman–Crippen LogP) is 2.74. The van der Waals surface area contributed by atoms with Gasteiger partial charge in [-0.3, -0.25) is 14.9 Å². The predicted molar refractivity (Wildman–Crippen MR) is 82.4 cm³/mol. The van der Waals surface area contributed by atoms with Crippen molar-refractivity contribution in [1.29, 1.82) is 0 Å².